The predicted molar refractivity (Wildman–Crippen MR) is 71.8 cm³/mol. The van der Waals surface area contributed by atoms with E-state index in [4.69, 9.17) is 11.6 Å². The Morgan fingerprint density at radius 3 is 2.89 bits per heavy atom. The highest BCUT2D eigenvalue weighted by atomic mass is 35.5. The fraction of sp³-hybridized carbons (Fsp3) is 0.167. The third-order valence-corrected chi connectivity index (χ3v) is 2.63. The summed E-state index contributed by atoms with van der Waals surface area (Å²) >= 11 is 5.96. The maximum absolute atomic E-state index is 11.7. The average molecular weight is 265 g/mol. The van der Waals surface area contributed by atoms with Crippen LogP contribution in [0.25, 0.3) is 0 Å². The number of benzene rings is 1. The van der Waals surface area contributed by atoms with Crippen molar-refractivity contribution in [1.29, 1.82) is 0 Å². The van der Waals surface area contributed by atoms with Gasteiger partial charge in [0.1, 0.15) is 0 Å². The monoisotopic (exact) mass is 264 g/mol. The van der Waals surface area contributed by atoms with Gasteiger partial charge in [-0.1, -0.05) is 23.7 Å². The Morgan fingerprint density at radius 1 is 1.44 bits per heavy atom. The van der Waals surface area contributed by atoms with Crippen molar-refractivity contribution in [3.63, 3.8) is 0 Å². The Hall–Kier alpha value is -2.01. The van der Waals surface area contributed by atoms with Crippen LogP contribution in [0.2, 0.25) is 5.02 Å². The van der Waals surface area contributed by atoms with E-state index in [1.807, 2.05) is 18.2 Å². The van der Waals surface area contributed by atoms with Crippen LogP contribution in [0.4, 0.5) is 11.4 Å². The van der Waals surface area contributed by atoms with Gasteiger partial charge in [-0.05, 0) is 12.1 Å². The molecular weight excluding hydrogens is 252 g/mol. The molecule has 0 aliphatic carbocycles. The molecule has 0 radical (unpaired) electrons. The zero-order valence-electron chi connectivity index (χ0n) is 9.85. The van der Waals surface area contributed by atoms with Gasteiger partial charge >= 0.3 is 0 Å². The van der Waals surface area contributed by atoms with Gasteiger partial charge in [0.25, 0.3) is 0 Å². The molecule has 0 spiro atoms. The summed E-state index contributed by atoms with van der Waals surface area (Å²) in [4.78, 5) is 11.7. The number of carbonyl (C=O) groups is 1. The molecule has 0 unspecified atom stereocenters. The van der Waals surface area contributed by atoms with Gasteiger partial charge in [0, 0.05) is 13.2 Å². The van der Waals surface area contributed by atoms with Crippen molar-refractivity contribution in [2.24, 2.45) is 7.05 Å². The molecule has 18 heavy (non-hydrogen) atoms. The molecule has 2 aromatic rings. The molecule has 0 fully saturated rings. The van der Waals surface area contributed by atoms with Crippen LogP contribution in [0.5, 0.6) is 0 Å². The molecule has 0 bridgehead atoms. The first-order valence-corrected chi connectivity index (χ1v) is 5.80. The summed E-state index contributed by atoms with van der Waals surface area (Å²) in [6.07, 6.45) is 3.32. The zero-order valence-corrected chi connectivity index (χ0v) is 10.6. The van der Waals surface area contributed by atoms with Gasteiger partial charge in [0.15, 0.2) is 0 Å². The normalized spacial score (nSPS) is 10.1. The number of amides is 1. The van der Waals surface area contributed by atoms with E-state index in [0.29, 0.717) is 10.7 Å². The number of hydrogen-bond donors (Lipinski definition) is 2. The molecule has 1 heterocycles. The van der Waals surface area contributed by atoms with E-state index in [0.717, 1.165) is 5.69 Å². The zero-order chi connectivity index (χ0) is 13.0. The first kappa shape index (κ1) is 12.4. The maximum Gasteiger partial charge on any atom is 0.243 e. The second-order valence-corrected chi connectivity index (χ2v) is 4.19. The van der Waals surface area contributed by atoms with Crippen LogP contribution in [0.3, 0.4) is 0 Å². The lowest BCUT2D eigenvalue weighted by Crippen LogP contribution is -2.21. The highest BCUT2D eigenvalue weighted by Gasteiger charge is 2.05. The molecule has 0 saturated carbocycles. The molecule has 0 aliphatic rings. The molecule has 5 nitrogen and oxygen atoms in total. The standard InChI is InChI=1S/C12H13ClN4O/c1-17-8-9(6-15-17)16-12(18)7-14-11-5-3-2-4-10(11)13/h2-6,8,14H,7H2,1H3,(H,16,18). The molecule has 2 N–H and O–H groups in total. The number of aromatic nitrogens is 2. The van der Waals surface area contributed by atoms with Gasteiger partial charge in [-0.25, -0.2) is 0 Å². The van der Waals surface area contributed by atoms with E-state index in [9.17, 15) is 4.79 Å². The molecule has 0 saturated heterocycles. The lowest BCUT2D eigenvalue weighted by Gasteiger charge is -2.07. The Morgan fingerprint density at radius 2 is 2.22 bits per heavy atom. The van der Waals surface area contributed by atoms with Crippen LogP contribution in [0.15, 0.2) is 36.7 Å². The van der Waals surface area contributed by atoms with Crippen molar-refractivity contribution in [3.05, 3.63) is 41.7 Å². The number of nitrogens with zero attached hydrogens (tertiary/aromatic N) is 2. The van der Waals surface area contributed by atoms with E-state index >= 15 is 0 Å². The third kappa shape index (κ3) is 3.24. The summed E-state index contributed by atoms with van der Waals surface area (Å²) in [6.45, 7) is 0.151. The van der Waals surface area contributed by atoms with E-state index in [1.165, 1.54) is 0 Å². The minimum Gasteiger partial charge on any atom is -0.375 e. The summed E-state index contributed by atoms with van der Waals surface area (Å²) < 4.78 is 1.62. The largest absolute Gasteiger partial charge is 0.375 e. The van der Waals surface area contributed by atoms with Crippen LogP contribution < -0.4 is 10.6 Å². The van der Waals surface area contributed by atoms with Gasteiger partial charge in [0.2, 0.25) is 5.91 Å². The van der Waals surface area contributed by atoms with Gasteiger partial charge in [0.05, 0.1) is 29.1 Å². The predicted octanol–water partition coefficient (Wildman–Crippen LogP) is 2.12. The average Bonchev–Trinajstić information content (AvgIpc) is 2.74. The molecule has 1 aromatic carbocycles. The van der Waals surface area contributed by atoms with E-state index in [2.05, 4.69) is 15.7 Å². The molecule has 94 valence electrons. The first-order chi connectivity index (χ1) is 8.65. The SMILES string of the molecule is Cn1cc(NC(=O)CNc2ccccc2Cl)cn1. The number of rotatable bonds is 4. The lowest BCUT2D eigenvalue weighted by molar-refractivity contribution is -0.114. The number of aryl methyl sites for hydroxylation is 1. The van der Waals surface area contributed by atoms with E-state index in [1.54, 1.807) is 30.2 Å². The fourth-order valence-corrected chi connectivity index (χ4v) is 1.67. The van der Waals surface area contributed by atoms with Gasteiger partial charge in [-0.3, -0.25) is 9.48 Å². The van der Waals surface area contributed by atoms with Crippen LogP contribution in [-0.2, 0) is 11.8 Å². The number of carbonyl (C=O) groups excluding carboxylic acids is 1. The van der Waals surface area contributed by atoms with E-state index < -0.39 is 0 Å². The molecule has 2 rings (SSSR count). The fourth-order valence-electron chi connectivity index (χ4n) is 1.47. The van der Waals surface area contributed by atoms with Crippen molar-refractivity contribution in [3.8, 4) is 0 Å². The minimum absolute atomic E-state index is 0.150. The number of para-hydroxylation sites is 1. The Kier molecular flexibility index (Phi) is 3.84. The molecule has 1 aromatic heterocycles. The highest BCUT2D eigenvalue weighted by molar-refractivity contribution is 6.33. The van der Waals surface area contributed by atoms with Crippen LogP contribution in [-0.4, -0.2) is 22.2 Å². The van der Waals surface area contributed by atoms with Gasteiger partial charge in [-0.15, -0.1) is 0 Å². The topological polar surface area (TPSA) is 59.0 Å². The molecule has 0 aliphatic heterocycles. The number of nitrogens with one attached hydrogen (secondary N) is 2. The van der Waals surface area contributed by atoms with Gasteiger partial charge in [-0.2, -0.15) is 5.10 Å². The highest BCUT2D eigenvalue weighted by Crippen LogP contribution is 2.19. The van der Waals surface area contributed by atoms with Crippen molar-refractivity contribution < 1.29 is 4.79 Å². The second-order valence-electron chi connectivity index (χ2n) is 3.78. The van der Waals surface area contributed by atoms with E-state index in [-0.39, 0.29) is 12.5 Å². The summed E-state index contributed by atoms with van der Waals surface area (Å²) in [5.74, 6) is -0.150. The van der Waals surface area contributed by atoms with Crippen LogP contribution >= 0.6 is 11.6 Å². The van der Waals surface area contributed by atoms with Crippen LogP contribution in [0, 0.1) is 0 Å². The second kappa shape index (κ2) is 5.55. The Bertz CT molecular complexity index is 553. The quantitative estimate of drug-likeness (QED) is 0.889. The number of hydrogen-bond acceptors (Lipinski definition) is 3. The molecule has 1 amide bonds. The summed E-state index contributed by atoms with van der Waals surface area (Å²) in [6, 6.07) is 7.28. The minimum atomic E-state index is -0.150. The van der Waals surface area contributed by atoms with Gasteiger partial charge < -0.3 is 10.6 Å². The smallest absolute Gasteiger partial charge is 0.243 e. The van der Waals surface area contributed by atoms with Crippen molar-refractivity contribution in [1.82, 2.24) is 9.78 Å². The lowest BCUT2D eigenvalue weighted by atomic mass is 10.3. The molecule has 0 atom stereocenters. The Balaban J connectivity index is 1.87. The Labute approximate surface area is 110 Å². The van der Waals surface area contributed by atoms with Crippen molar-refractivity contribution in [2.75, 3.05) is 17.2 Å². The summed E-state index contributed by atoms with van der Waals surface area (Å²) in [7, 11) is 1.79. The maximum atomic E-state index is 11.7. The number of anilines is 2. The summed E-state index contributed by atoms with van der Waals surface area (Å²) in [5.41, 5.74) is 1.41. The van der Waals surface area contributed by atoms with Crippen LogP contribution in [0.1, 0.15) is 0 Å². The van der Waals surface area contributed by atoms with Crippen molar-refractivity contribution in [2.45, 2.75) is 0 Å². The first-order valence-electron chi connectivity index (χ1n) is 5.42. The molecule has 6 heteroatoms. The van der Waals surface area contributed by atoms with Crippen molar-refractivity contribution >= 4 is 28.9 Å². The summed E-state index contributed by atoms with van der Waals surface area (Å²) in [5, 5.41) is 10.2. The number of halogens is 1. The molecular formula is C12H13ClN4O. The third-order valence-electron chi connectivity index (χ3n) is 2.30.